The molecule has 8 rings (SSSR count). The van der Waals surface area contributed by atoms with Gasteiger partial charge in [-0.15, -0.1) is 0 Å². The van der Waals surface area contributed by atoms with Crippen molar-refractivity contribution >= 4 is 21.8 Å². The lowest BCUT2D eigenvalue weighted by molar-refractivity contribution is -0.141. The van der Waals surface area contributed by atoms with Crippen LogP contribution in [0.1, 0.15) is 11.4 Å². The second-order valence-electron chi connectivity index (χ2n) is 11.5. The Labute approximate surface area is 283 Å². The summed E-state index contributed by atoms with van der Waals surface area (Å²) >= 11 is 0. The van der Waals surface area contributed by atoms with Crippen LogP contribution in [-0.4, -0.2) is 29.5 Å². The maximum atomic E-state index is 13.3. The van der Waals surface area contributed by atoms with Crippen LogP contribution in [-0.2, 0) is 6.18 Å². The number of aryl methyl sites for hydroxylation is 1. The van der Waals surface area contributed by atoms with Gasteiger partial charge in [-0.2, -0.15) is 13.2 Å². The lowest BCUT2D eigenvalue weighted by atomic mass is 10.1. The molecular formula is C39H25F3N6O2. The molecule has 0 unspecified atom stereocenters. The molecule has 0 aliphatic heterocycles. The quantitative estimate of drug-likeness (QED) is 0.167. The Bertz CT molecular complexity index is 2520. The van der Waals surface area contributed by atoms with E-state index in [2.05, 4.69) is 24.9 Å². The zero-order valence-corrected chi connectivity index (χ0v) is 26.3. The van der Waals surface area contributed by atoms with Crippen LogP contribution in [0.2, 0.25) is 0 Å². The summed E-state index contributed by atoms with van der Waals surface area (Å²) in [5, 5.41) is 1.86. The van der Waals surface area contributed by atoms with Crippen LogP contribution in [0, 0.1) is 6.92 Å². The first kappa shape index (κ1) is 30.7. The van der Waals surface area contributed by atoms with Gasteiger partial charge in [0.05, 0.1) is 22.4 Å². The number of rotatable bonds is 7. The zero-order valence-electron chi connectivity index (χ0n) is 26.3. The minimum atomic E-state index is -4.55. The third kappa shape index (κ3) is 6.08. The Morgan fingerprint density at radius 1 is 0.560 bits per heavy atom. The maximum Gasteiger partial charge on any atom is 0.433 e. The molecule has 0 saturated carbocycles. The van der Waals surface area contributed by atoms with Gasteiger partial charge in [-0.3, -0.25) is 9.55 Å². The van der Waals surface area contributed by atoms with Crippen molar-refractivity contribution in [3.8, 4) is 51.5 Å². The Morgan fingerprint density at radius 3 is 1.64 bits per heavy atom. The first-order valence-electron chi connectivity index (χ1n) is 15.5. The van der Waals surface area contributed by atoms with E-state index in [9.17, 15) is 13.2 Å². The molecule has 8 nitrogen and oxygen atoms in total. The summed E-state index contributed by atoms with van der Waals surface area (Å²) in [6.45, 7) is 1.96. The largest absolute Gasteiger partial charge is 0.457 e. The number of hydrogen-bond acceptors (Lipinski definition) is 7. The van der Waals surface area contributed by atoms with Gasteiger partial charge in [0.25, 0.3) is 0 Å². The molecule has 0 fully saturated rings. The summed E-state index contributed by atoms with van der Waals surface area (Å²) in [6, 6.07) is 35.8. The van der Waals surface area contributed by atoms with Gasteiger partial charge in [0, 0.05) is 39.7 Å². The minimum absolute atomic E-state index is 0.187. The number of benzene rings is 4. The number of nitrogens with zero attached hydrogens (tertiary/aromatic N) is 6. The molecule has 11 heteroatoms. The van der Waals surface area contributed by atoms with Gasteiger partial charge in [0.2, 0.25) is 5.95 Å². The summed E-state index contributed by atoms with van der Waals surface area (Å²) in [7, 11) is 0. The van der Waals surface area contributed by atoms with Crippen molar-refractivity contribution in [2.75, 3.05) is 0 Å². The van der Waals surface area contributed by atoms with Crippen LogP contribution in [0.3, 0.4) is 0 Å². The summed E-state index contributed by atoms with van der Waals surface area (Å²) < 4.78 is 54.4. The highest BCUT2D eigenvalue weighted by molar-refractivity contribution is 6.09. The van der Waals surface area contributed by atoms with Crippen molar-refractivity contribution in [3.63, 3.8) is 0 Å². The average Bonchev–Trinajstić information content (AvgIpc) is 3.44. The van der Waals surface area contributed by atoms with E-state index >= 15 is 0 Å². The third-order valence-corrected chi connectivity index (χ3v) is 8.05. The molecule has 0 aliphatic carbocycles. The van der Waals surface area contributed by atoms with Crippen LogP contribution in [0.4, 0.5) is 13.2 Å². The van der Waals surface area contributed by atoms with E-state index in [1.165, 1.54) is 24.8 Å². The Hall–Kier alpha value is -6.62. The number of hydrogen-bond donors (Lipinski definition) is 0. The van der Waals surface area contributed by atoms with Crippen LogP contribution in [0.15, 0.2) is 134 Å². The Balaban J connectivity index is 1.16. The van der Waals surface area contributed by atoms with Gasteiger partial charge in [-0.05, 0) is 79.7 Å². The van der Waals surface area contributed by atoms with Gasteiger partial charge in [0.15, 0.2) is 0 Å². The number of pyridine rings is 2. The number of alkyl halides is 3. The smallest absolute Gasteiger partial charge is 0.433 e. The van der Waals surface area contributed by atoms with E-state index < -0.39 is 11.9 Å². The molecule has 4 aromatic heterocycles. The standard InChI is InChI=1S/C39H25F3N6O2/c1-24-6-2-11-33(46-24)25-7-3-9-27(18-25)49-29-14-16-31-32-17-15-30(21-36(32)48(35(31)20-29)38-44-22-43-23-45-38)50-28-10-4-8-26(19-28)34-12-5-13-37(47-34)39(40,41)42/h2-23H,1H3. The summed E-state index contributed by atoms with van der Waals surface area (Å²) in [6.07, 6.45) is -1.69. The van der Waals surface area contributed by atoms with Gasteiger partial charge >= 0.3 is 6.18 Å². The van der Waals surface area contributed by atoms with Gasteiger partial charge in [0.1, 0.15) is 41.3 Å². The van der Waals surface area contributed by atoms with Crippen LogP contribution >= 0.6 is 0 Å². The van der Waals surface area contributed by atoms with Crippen molar-refractivity contribution in [1.29, 1.82) is 0 Å². The highest BCUT2D eigenvalue weighted by atomic mass is 19.4. The van der Waals surface area contributed by atoms with Crippen LogP contribution in [0.25, 0.3) is 50.3 Å². The van der Waals surface area contributed by atoms with E-state index in [0.717, 1.165) is 44.8 Å². The topological polar surface area (TPSA) is 87.8 Å². The van der Waals surface area contributed by atoms with Crippen molar-refractivity contribution < 1.29 is 22.6 Å². The van der Waals surface area contributed by atoms with E-state index in [1.807, 2.05) is 90.4 Å². The van der Waals surface area contributed by atoms with Crippen molar-refractivity contribution in [3.05, 3.63) is 145 Å². The van der Waals surface area contributed by atoms with E-state index in [0.29, 0.717) is 34.5 Å². The SMILES string of the molecule is Cc1cccc(-c2cccc(Oc3ccc4c5ccc(Oc6cccc(-c7cccc(C(F)(F)F)n7)c6)cc5n(-c5ncncn5)c4c3)c2)n1. The number of halogens is 3. The fourth-order valence-corrected chi connectivity index (χ4v) is 5.84. The Kier molecular flexibility index (Phi) is 7.64. The van der Waals surface area contributed by atoms with Crippen LogP contribution < -0.4 is 9.47 Å². The average molecular weight is 667 g/mol. The van der Waals surface area contributed by atoms with Crippen molar-refractivity contribution in [2.45, 2.75) is 13.1 Å². The molecule has 0 amide bonds. The first-order valence-corrected chi connectivity index (χ1v) is 15.5. The van der Waals surface area contributed by atoms with Crippen molar-refractivity contribution in [1.82, 2.24) is 29.5 Å². The van der Waals surface area contributed by atoms with E-state index in [4.69, 9.17) is 9.47 Å². The first-order chi connectivity index (χ1) is 24.3. The van der Waals surface area contributed by atoms with Crippen molar-refractivity contribution in [2.24, 2.45) is 0 Å². The number of aromatic nitrogens is 6. The summed E-state index contributed by atoms with van der Waals surface area (Å²) in [5.41, 5.74) is 4.02. The molecule has 0 spiro atoms. The lowest BCUT2D eigenvalue weighted by Crippen LogP contribution is -2.07. The Morgan fingerprint density at radius 2 is 1.08 bits per heavy atom. The maximum absolute atomic E-state index is 13.3. The monoisotopic (exact) mass is 666 g/mol. The molecule has 4 heterocycles. The van der Waals surface area contributed by atoms with E-state index in [1.54, 1.807) is 24.3 Å². The fraction of sp³-hybridized carbons (Fsp3) is 0.0513. The molecular weight excluding hydrogens is 641 g/mol. The molecule has 8 aromatic rings. The lowest BCUT2D eigenvalue weighted by Gasteiger charge is -2.11. The molecule has 0 bridgehead atoms. The number of fused-ring (bicyclic) bond motifs is 3. The normalized spacial score (nSPS) is 11.6. The second kappa shape index (κ2) is 12.4. The third-order valence-electron chi connectivity index (χ3n) is 8.05. The van der Waals surface area contributed by atoms with E-state index in [-0.39, 0.29) is 5.69 Å². The van der Waals surface area contributed by atoms with Gasteiger partial charge < -0.3 is 9.47 Å². The molecule has 4 aromatic carbocycles. The fourth-order valence-electron chi connectivity index (χ4n) is 5.84. The summed E-state index contributed by atoms with van der Waals surface area (Å²) in [4.78, 5) is 21.3. The van der Waals surface area contributed by atoms with Gasteiger partial charge in [-0.25, -0.2) is 19.9 Å². The number of ether oxygens (including phenoxy) is 2. The zero-order chi connectivity index (χ0) is 34.2. The molecule has 0 N–H and O–H groups in total. The molecule has 244 valence electrons. The second-order valence-corrected chi connectivity index (χ2v) is 11.5. The molecule has 50 heavy (non-hydrogen) atoms. The molecule has 0 aliphatic rings. The predicted octanol–water partition coefficient (Wildman–Crippen LogP) is 10.0. The summed E-state index contributed by atoms with van der Waals surface area (Å²) in [5.74, 6) is 2.61. The molecule has 0 radical (unpaired) electrons. The highest BCUT2D eigenvalue weighted by Gasteiger charge is 2.32. The van der Waals surface area contributed by atoms with Crippen LogP contribution in [0.5, 0.6) is 23.0 Å². The highest BCUT2D eigenvalue weighted by Crippen LogP contribution is 2.38. The molecule has 0 atom stereocenters. The van der Waals surface area contributed by atoms with Gasteiger partial charge in [-0.1, -0.05) is 36.4 Å². The predicted molar refractivity (Wildman–Crippen MR) is 183 cm³/mol. The molecule has 0 saturated heterocycles. The minimum Gasteiger partial charge on any atom is -0.457 e.